The van der Waals surface area contributed by atoms with Gasteiger partial charge in [0.1, 0.15) is 0 Å². The van der Waals surface area contributed by atoms with E-state index in [9.17, 15) is 0 Å². The van der Waals surface area contributed by atoms with E-state index in [0.29, 0.717) is 6.54 Å². The van der Waals surface area contributed by atoms with Crippen LogP contribution in [0.2, 0.25) is 0 Å². The molecule has 0 aromatic heterocycles. The molecule has 1 radical (unpaired) electrons. The Balaban J connectivity index is 2.60. The molecule has 55 valence electrons. The molecule has 0 bridgehead atoms. The number of ether oxygens (including phenoxy) is 1. The van der Waals surface area contributed by atoms with Crippen LogP contribution in [0.3, 0.4) is 0 Å². The minimum absolute atomic E-state index is 0.562. The average Bonchev–Trinajstić information content (AvgIpc) is 1.89. The van der Waals surface area contributed by atoms with Crippen molar-refractivity contribution in [2.45, 2.75) is 26.2 Å². The van der Waals surface area contributed by atoms with Crippen molar-refractivity contribution in [2.75, 3.05) is 19.8 Å². The minimum atomic E-state index is 0.562. The molecule has 2 heteroatoms. The van der Waals surface area contributed by atoms with Crippen molar-refractivity contribution in [1.29, 1.82) is 0 Å². The monoisotopic (exact) mass is 130 g/mol. The molecule has 9 heavy (non-hydrogen) atoms. The van der Waals surface area contributed by atoms with Gasteiger partial charge in [-0.15, -0.1) is 0 Å². The van der Waals surface area contributed by atoms with Gasteiger partial charge in [0, 0.05) is 19.8 Å². The number of hydrogen-bond donors (Lipinski definition) is 0. The van der Waals surface area contributed by atoms with Gasteiger partial charge in [-0.25, -0.2) is 0 Å². The highest BCUT2D eigenvalue weighted by Crippen LogP contribution is 1.93. The molecular weight excluding hydrogens is 114 g/mol. The third-order valence-corrected chi connectivity index (χ3v) is 1.17. The number of nitrogens with one attached hydrogen (secondary N) is 1. The van der Waals surface area contributed by atoms with Gasteiger partial charge in [-0.05, 0) is 26.2 Å². The van der Waals surface area contributed by atoms with Gasteiger partial charge in [-0.3, -0.25) is 5.73 Å². The van der Waals surface area contributed by atoms with Crippen LogP contribution in [0.15, 0.2) is 0 Å². The van der Waals surface area contributed by atoms with E-state index in [1.165, 1.54) is 0 Å². The topological polar surface area (TPSA) is 33.0 Å². The van der Waals surface area contributed by atoms with E-state index in [0.717, 1.165) is 32.5 Å². The maximum absolute atomic E-state index is 6.84. The first kappa shape index (κ1) is 8.92. The van der Waals surface area contributed by atoms with Crippen molar-refractivity contribution in [3.63, 3.8) is 0 Å². The Morgan fingerprint density at radius 3 is 2.56 bits per heavy atom. The van der Waals surface area contributed by atoms with Crippen molar-refractivity contribution in [3.8, 4) is 0 Å². The van der Waals surface area contributed by atoms with E-state index in [1.807, 2.05) is 6.92 Å². The molecular formula is C7H16NO. The van der Waals surface area contributed by atoms with E-state index in [4.69, 9.17) is 10.5 Å². The van der Waals surface area contributed by atoms with E-state index < -0.39 is 0 Å². The Bertz CT molecular complexity index is 42.2. The van der Waals surface area contributed by atoms with Crippen LogP contribution in [0.1, 0.15) is 26.2 Å². The Morgan fingerprint density at radius 1 is 1.22 bits per heavy atom. The van der Waals surface area contributed by atoms with Crippen molar-refractivity contribution >= 4 is 0 Å². The molecule has 0 aromatic carbocycles. The summed E-state index contributed by atoms with van der Waals surface area (Å²) in [7, 11) is 0. The number of unbranched alkanes of at least 4 members (excludes halogenated alkanes) is 2. The molecule has 0 aliphatic carbocycles. The highest BCUT2D eigenvalue weighted by molar-refractivity contribution is 4.39. The van der Waals surface area contributed by atoms with Gasteiger partial charge in [0.2, 0.25) is 0 Å². The van der Waals surface area contributed by atoms with Gasteiger partial charge in [-0.1, -0.05) is 0 Å². The van der Waals surface area contributed by atoms with E-state index >= 15 is 0 Å². The predicted octanol–water partition coefficient (Wildman–Crippen LogP) is 1.48. The molecule has 0 aromatic rings. The molecule has 0 aliphatic heterocycles. The summed E-state index contributed by atoms with van der Waals surface area (Å²) in [5.41, 5.74) is 6.84. The van der Waals surface area contributed by atoms with Gasteiger partial charge in [0.15, 0.2) is 0 Å². The van der Waals surface area contributed by atoms with Crippen LogP contribution in [0.4, 0.5) is 0 Å². The lowest BCUT2D eigenvalue weighted by atomic mass is 10.2. The summed E-state index contributed by atoms with van der Waals surface area (Å²) in [6, 6.07) is 0. The quantitative estimate of drug-likeness (QED) is 0.501. The predicted molar refractivity (Wildman–Crippen MR) is 38.3 cm³/mol. The molecule has 0 heterocycles. The van der Waals surface area contributed by atoms with Gasteiger partial charge < -0.3 is 4.74 Å². The SMILES string of the molecule is CCOCCCCC[NH]. The maximum Gasteiger partial charge on any atom is 0.0465 e. The van der Waals surface area contributed by atoms with Crippen molar-refractivity contribution in [1.82, 2.24) is 5.73 Å². The largest absolute Gasteiger partial charge is 0.382 e. The van der Waals surface area contributed by atoms with Crippen LogP contribution in [0.25, 0.3) is 0 Å². The number of rotatable bonds is 6. The molecule has 0 saturated heterocycles. The molecule has 0 atom stereocenters. The Morgan fingerprint density at radius 2 is 2.00 bits per heavy atom. The minimum Gasteiger partial charge on any atom is -0.382 e. The second-order valence-corrected chi connectivity index (χ2v) is 2.01. The summed E-state index contributed by atoms with van der Waals surface area (Å²) in [6.07, 6.45) is 3.28. The smallest absolute Gasteiger partial charge is 0.0465 e. The zero-order valence-electron chi connectivity index (χ0n) is 6.15. The maximum atomic E-state index is 6.84. The zero-order chi connectivity index (χ0) is 6.95. The van der Waals surface area contributed by atoms with Crippen LogP contribution < -0.4 is 5.73 Å². The summed E-state index contributed by atoms with van der Waals surface area (Å²) in [6.45, 7) is 4.26. The van der Waals surface area contributed by atoms with Crippen LogP contribution in [0, 0.1) is 0 Å². The average molecular weight is 130 g/mol. The summed E-state index contributed by atoms with van der Waals surface area (Å²) >= 11 is 0. The van der Waals surface area contributed by atoms with Crippen molar-refractivity contribution < 1.29 is 4.74 Å². The van der Waals surface area contributed by atoms with Gasteiger partial charge in [0.05, 0.1) is 0 Å². The van der Waals surface area contributed by atoms with Crippen LogP contribution in [-0.2, 0) is 4.74 Å². The molecule has 0 spiro atoms. The molecule has 0 amide bonds. The second kappa shape index (κ2) is 7.92. The van der Waals surface area contributed by atoms with E-state index in [-0.39, 0.29) is 0 Å². The lowest BCUT2D eigenvalue weighted by Gasteiger charge is -1.98. The highest BCUT2D eigenvalue weighted by Gasteiger charge is 1.85. The fraction of sp³-hybridized carbons (Fsp3) is 1.00. The molecule has 0 unspecified atom stereocenters. The highest BCUT2D eigenvalue weighted by atomic mass is 16.5. The standard InChI is InChI=1S/C7H16NO/c1-2-9-7-5-3-4-6-8/h8H,2-7H2,1H3. The molecule has 2 nitrogen and oxygen atoms in total. The normalized spacial score (nSPS) is 10.0. The molecule has 0 aliphatic rings. The van der Waals surface area contributed by atoms with Gasteiger partial charge in [-0.2, -0.15) is 0 Å². The summed E-state index contributed by atoms with van der Waals surface area (Å²) in [4.78, 5) is 0. The van der Waals surface area contributed by atoms with E-state index in [1.54, 1.807) is 0 Å². The second-order valence-electron chi connectivity index (χ2n) is 2.01. The fourth-order valence-corrected chi connectivity index (χ4v) is 0.650. The lowest BCUT2D eigenvalue weighted by molar-refractivity contribution is 0.143. The Kier molecular flexibility index (Phi) is 7.85. The first-order valence-corrected chi connectivity index (χ1v) is 3.64. The Hall–Kier alpha value is -0.0800. The fourth-order valence-electron chi connectivity index (χ4n) is 0.650. The Labute approximate surface area is 57.4 Å². The van der Waals surface area contributed by atoms with Gasteiger partial charge >= 0.3 is 0 Å². The van der Waals surface area contributed by atoms with Gasteiger partial charge in [0.25, 0.3) is 0 Å². The van der Waals surface area contributed by atoms with Crippen LogP contribution in [0.5, 0.6) is 0 Å². The molecule has 0 fully saturated rings. The molecule has 0 rings (SSSR count). The van der Waals surface area contributed by atoms with E-state index in [2.05, 4.69) is 0 Å². The van der Waals surface area contributed by atoms with Crippen LogP contribution in [-0.4, -0.2) is 19.8 Å². The third kappa shape index (κ3) is 7.92. The first-order chi connectivity index (χ1) is 4.41. The number of hydrogen-bond acceptors (Lipinski definition) is 1. The molecule has 1 N–H and O–H groups in total. The third-order valence-electron chi connectivity index (χ3n) is 1.17. The lowest BCUT2D eigenvalue weighted by Crippen LogP contribution is -1.94. The summed E-state index contributed by atoms with van der Waals surface area (Å²) < 4.78 is 5.12. The first-order valence-electron chi connectivity index (χ1n) is 3.64. The van der Waals surface area contributed by atoms with Crippen LogP contribution >= 0.6 is 0 Å². The summed E-state index contributed by atoms with van der Waals surface area (Å²) in [5.74, 6) is 0. The summed E-state index contributed by atoms with van der Waals surface area (Å²) in [5, 5.41) is 0. The van der Waals surface area contributed by atoms with Crippen molar-refractivity contribution in [3.05, 3.63) is 0 Å². The van der Waals surface area contributed by atoms with Crippen molar-refractivity contribution in [2.24, 2.45) is 0 Å². The molecule has 0 saturated carbocycles. The zero-order valence-corrected chi connectivity index (χ0v) is 6.15.